The number of carboxylic acid groups (broad SMARTS) is 1. The molecule has 1 saturated heterocycles. The summed E-state index contributed by atoms with van der Waals surface area (Å²) in [6, 6.07) is 2.19. The van der Waals surface area contributed by atoms with E-state index in [1.54, 1.807) is 16.9 Å². The molecule has 5 rings (SSSR count). The number of carbonyl (C=O) groups excluding carboxylic acids is 1. The number of rotatable bonds is 5. The summed E-state index contributed by atoms with van der Waals surface area (Å²) in [6.07, 6.45) is -5.56. The van der Waals surface area contributed by atoms with Crippen LogP contribution in [0.4, 0.5) is 36.4 Å². The molecule has 1 aromatic heterocycles. The van der Waals surface area contributed by atoms with E-state index in [1.165, 1.54) is 11.1 Å². The average Bonchev–Trinajstić information content (AvgIpc) is 3.05. The number of piperidine rings is 1. The highest BCUT2D eigenvalue weighted by molar-refractivity contribution is 5.96. The molecule has 0 radical (unpaired) electrons. The molecule has 16 heteroatoms. The lowest BCUT2D eigenvalue weighted by Gasteiger charge is -2.41. The summed E-state index contributed by atoms with van der Waals surface area (Å²) < 4.78 is 102. The van der Waals surface area contributed by atoms with Crippen LogP contribution < -0.4 is 20.5 Å². The number of nitrogens with one attached hydrogen (secondary N) is 1. The third kappa shape index (κ3) is 8.93. The van der Waals surface area contributed by atoms with Gasteiger partial charge >= 0.3 is 12.1 Å². The van der Waals surface area contributed by atoms with Crippen molar-refractivity contribution in [1.29, 1.82) is 0 Å². The van der Waals surface area contributed by atoms with Gasteiger partial charge in [0.25, 0.3) is 17.4 Å². The molecular formula is C34H39F7N4O5. The van der Waals surface area contributed by atoms with Gasteiger partial charge in [0, 0.05) is 43.4 Å². The highest BCUT2D eigenvalue weighted by Crippen LogP contribution is 2.42. The van der Waals surface area contributed by atoms with E-state index in [2.05, 4.69) is 18.0 Å². The Morgan fingerprint density at radius 1 is 1.10 bits per heavy atom. The number of halogens is 7. The maximum Gasteiger partial charge on any atom is 0.408 e. The Bertz CT molecular complexity index is 1770. The summed E-state index contributed by atoms with van der Waals surface area (Å²) in [5, 5.41) is 10.1. The standard InChI is InChI=1S/C17H20N2O2.C15H13F7N2O3.C2H6/c1-10-7-8-14(16-13(10)6-5-9-21-16)15-17(20)19(4)12(3)11(2)18-15;16-8-3-7(4-9(17)12(8)13(27)23-6-11(25)26)24-2-1-14(18,19)5-10(24)15(20,21)22;1-2/h7-8H,5-6,9H2,1-4H3;3-4,10H,1-2,5-6H2,(H,23,27)(H,25,26);1-2H3. The second kappa shape index (κ2) is 15.9. The number of nitrogens with zero attached hydrogens (tertiary/aromatic N) is 3. The quantitative estimate of drug-likeness (QED) is 0.284. The fraction of sp³-hybridized carbons (Fsp3) is 0.471. The number of alkyl halides is 5. The minimum atomic E-state index is -5.08. The molecule has 1 fully saturated rings. The number of anilines is 1. The van der Waals surface area contributed by atoms with Gasteiger partial charge < -0.3 is 24.6 Å². The maximum absolute atomic E-state index is 14.1. The van der Waals surface area contributed by atoms with Crippen LogP contribution in [0.1, 0.15) is 66.0 Å². The molecule has 1 amide bonds. The van der Waals surface area contributed by atoms with E-state index in [0.717, 1.165) is 35.5 Å². The zero-order valence-electron chi connectivity index (χ0n) is 28.4. The first kappa shape index (κ1) is 39.8. The fourth-order valence-corrected chi connectivity index (χ4v) is 5.56. The van der Waals surface area contributed by atoms with E-state index in [4.69, 9.17) is 9.84 Å². The lowest BCUT2D eigenvalue weighted by Crippen LogP contribution is -2.54. The maximum atomic E-state index is 14.1. The molecule has 2 N–H and O–H groups in total. The van der Waals surface area contributed by atoms with Crippen LogP contribution in [0.25, 0.3) is 11.3 Å². The minimum absolute atomic E-state index is 0.0710. The van der Waals surface area contributed by atoms with Crippen LogP contribution in [0, 0.1) is 32.4 Å². The van der Waals surface area contributed by atoms with Crippen molar-refractivity contribution in [2.24, 2.45) is 7.05 Å². The van der Waals surface area contributed by atoms with Crippen molar-refractivity contribution in [3.63, 3.8) is 0 Å². The molecule has 0 aliphatic carbocycles. The van der Waals surface area contributed by atoms with Crippen molar-refractivity contribution in [2.45, 2.75) is 78.4 Å². The van der Waals surface area contributed by atoms with Crippen molar-refractivity contribution in [3.8, 4) is 17.0 Å². The largest absolute Gasteiger partial charge is 0.493 e. The first-order chi connectivity index (χ1) is 23.3. The third-order valence-electron chi connectivity index (χ3n) is 8.33. The summed E-state index contributed by atoms with van der Waals surface area (Å²) in [6.45, 7) is 8.89. The van der Waals surface area contributed by atoms with Crippen molar-refractivity contribution in [1.82, 2.24) is 14.9 Å². The molecule has 2 aromatic carbocycles. The molecule has 1 unspecified atom stereocenters. The van der Waals surface area contributed by atoms with E-state index in [9.17, 15) is 45.1 Å². The molecule has 2 aliphatic rings. The van der Waals surface area contributed by atoms with Gasteiger partial charge in [0.2, 0.25) is 0 Å². The predicted octanol–water partition coefficient (Wildman–Crippen LogP) is 6.67. The summed E-state index contributed by atoms with van der Waals surface area (Å²) in [4.78, 5) is 39.5. The van der Waals surface area contributed by atoms with E-state index in [1.807, 2.05) is 33.8 Å². The Morgan fingerprint density at radius 3 is 2.30 bits per heavy atom. The SMILES string of the molecule is CC.Cc1ccc(-c2nc(C)c(C)n(C)c2=O)c2c1CCCO2.O=C(O)CNC(=O)c1c(F)cc(N2CCC(F)(F)CC2C(F)(F)F)cc1F. The molecule has 0 saturated carbocycles. The smallest absolute Gasteiger partial charge is 0.408 e. The van der Waals surface area contributed by atoms with Crippen LogP contribution >= 0.6 is 0 Å². The monoisotopic (exact) mass is 716 g/mol. The third-order valence-corrected chi connectivity index (χ3v) is 8.33. The molecule has 274 valence electrons. The highest BCUT2D eigenvalue weighted by Gasteiger charge is 2.52. The molecule has 3 aromatic rings. The van der Waals surface area contributed by atoms with Crippen LogP contribution in [0.15, 0.2) is 29.1 Å². The van der Waals surface area contributed by atoms with E-state index < -0.39 is 78.8 Å². The van der Waals surface area contributed by atoms with Gasteiger partial charge in [-0.15, -0.1) is 0 Å². The van der Waals surface area contributed by atoms with Gasteiger partial charge in [-0.2, -0.15) is 13.2 Å². The van der Waals surface area contributed by atoms with Crippen LogP contribution in [0.2, 0.25) is 0 Å². The van der Waals surface area contributed by atoms with Gasteiger partial charge in [-0.25, -0.2) is 22.5 Å². The Hall–Kier alpha value is -4.63. The number of amides is 1. The number of hydrogen-bond acceptors (Lipinski definition) is 6. The number of hydrogen-bond donors (Lipinski definition) is 2. The summed E-state index contributed by atoms with van der Waals surface area (Å²) >= 11 is 0. The Balaban J connectivity index is 0.000000264. The predicted molar refractivity (Wildman–Crippen MR) is 172 cm³/mol. The van der Waals surface area contributed by atoms with Gasteiger partial charge in [0.05, 0.1) is 12.3 Å². The van der Waals surface area contributed by atoms with Gasteiger partial charge in [0.15, 0.2) is 0 Å². The second-order valence-corrected chi connectivity index (χ2v) is 11.6. The number of aromatic nitrogens is 2. The first-order valence-electron chi connectivity index (χ1n) is 15.8. The number of aryl methyl sites for hydroxylation is 2. The highest BCUT2D eigenvalue weighted by atomic mass is 19.4. The van der Waals surface area contributed by atoms with Crippen LogP contribution in [-0.4, -0.2) is 64.4 Å². The number of carbonyl (C=O) groups is 2. The number of aliphatic carboxylic acids is 1. The van der Waals surface area contributed by atoms with Gasteiger partial charge in [0.1, 0.15) is 41.2 Å². The Kier molecular flexibility index (Phi) is 12.7. The molecule has 9 nitrogen and oxygen atoms in total. The minimum Gasteiger partial charge on any atom is -0.493 e. The molecule has 0 bridgehead atoms. The van der Waals surface area contributed by atoms with Crippen LogP contribution in [-0.2, 0) is 18.3 Å². The molecule has 2 aliphatic heterocycles. The molecule has 3 heterocycles. The molecule has 0 spiro atoms. The van der Waals surface area contributed by atoms with Crippen molar-refractivity contribution in [3.05, 3.63) is 74.3 Å². The van der Waals surface area contributed by atoms with E-state index in [-0.39, 0.29) is 5.56 Å². The van der Waals surface area contributed by atoms with Gasteiger partial charge in [-0.3, -0.25) is 14.4 Å². The number of ether oxygens (including phenoxy) is 1. The van der Waals surface area contributed by atoms with Crippen LogP contribution in [0.3, 0.4) is 0 Å². The molecule has 1 atom stereocenters. The zero-order chi connectivity index (χ0) is 37.7. The van der Waals surface area contributed by atoms with Crippen molar-refractivity contribution >= 4 is 17.6 Å². The van der Waals surface area contributed by atoms with Gasteiger partial charge in [-0.1, -0.05) is 19.9 Å². The Morgan fingerprint density at radius 2 is 1.72 bits per heavy atom. The summed E-state index contributed by atoms with van der Waals surface area (Å²) in [5.41, 5.74) is 3.58. The number of fused-ring (bicyclic) bond motifs is 1. The van der Waals surface area contributed by atoms with E-state index in [0.29, 0.717) is 29.3 Å². The average molecular weight is 717 g/mol. The summed E-state index contributed by atoms with van der Waals surface area (Å²) in [7, 11) is 1.79. The Labute approximate surface area is 284 Å². The molecule has 50 heavy (non-hydrogen) atoms. The lowest BCUT2D eigenvalue weighted by atomic mass is 9.96. The number of carboxylic acids is 1. The normalized spacial score (nSPS) is 16.5. The lowest BCUT2D eigenvalue weighted by molar-refractivity contribution is -0.175. The van der Waals surface area contributed by atoms with Gasteiger partial charge in [-0.05, 0) is 62.9 Å². The molecular weight excluding hydrogens is 677 g/mol. The number of benzene rings is 2. The second-order valence-electron chi connectivity index (χ2n) is 11.6. The topological polar surface area (TPSA) is 114 Å². The summed E-state index contributed by atoms with van der Waals surface area (Å²) in [5.74, 6) is -8.74. The fourth-order valence-electron chi connectivity index (χ4n) is 5.56. The van der Waals surface area contributed by atoms with Crippen molar-refractivity contribution in [2.75, 3.05) is 24.6 Å². The first-order valence-corrected chi connectivity index (χ1v) is 15.8. The zero-order valence-corrected chi connectivity index (χ0v) is 28.4. The van der Waals surface area contributed by atoms with E-state index >= 15 is 0 Å². The van der Waals surface area contributed by atoms with Crippen molar-refractivity contribution < 1.29 is 50.2 Å². The van der Waals surface area contributed by atoms with Crippen LogP contribution in [0.5, 0.6) is 5.75 Å².